The van der Waals surface area contributed by atoms with Crippen LogP contribution >= 0.6 is 11.6 Å². The lowest BCUT2D eigenvalue weighted by Gasteiger charge is -2.07. The molecule has 0 amide bonds. The fourth-order valence-electron chi connectivity index (χ4n) is 1.22. The van der Waals surface area contributed by atoms with Crippen molar-refractivity contribution in [1.29, 1.82) is 0 Å². The molecule has 0 aliphatic heterocycles. The molecule has 2 heterocycles. The highest BCUT2D eigenvalue weighted by Crippen LogP contribution is 2.18. The second kappa shape index (κ2) is 4.36. The molecule has 2 rings (SSSR count). The van der Waals surface area contributed by atoms with E-state index in [2.05, 4.69) is 20.5 Å². The molecule has 0 spiro atoms. The lowest BCUT2D eigenvalue weighted by atomic mass is 10.4. The Kier molecular flexibility index (Phi) is 2.91. The van der Waals surface area contributed by atoms with E-state index in [0.29, 0.717) is 23.2 Å². The number of rotatable bonds is 3. The van der Waals surface area contributed by atoms with Crippen LogP contribution < -0.4 is 11.1 Å². The van der Waals surface area contributed by atoms with E-state index in [1.807, 2.05) is 11.6 Å². The maximum absolute atomic E-state index is 5.77. The van der Waals surface area contributed by atoms with E-state index in [-0.39, 0.29) is 0 Å². The van der Waals surface area contributed by atoms with Gasteiger partial charge in [-0.15, -0.1) is 10.2 Å². The van der Waals surface area contributed by atoms with Crippen LogP contribution in [0.5, 0.6) is 0 Å². The van der Waals surface area contributed by atoms with Gasteiger partial charge in [-0.25, -0.2) is 4.98 Å². The van der Waals surface area contributed by atoms with Gasteiger partial charge in [-0.1, -0.05) is 11.6 Å². The first kappa shape index (κ1) is 10.7. The fraction of sp³-hybridized carbons (Fsp3) is 0.222. The minimum atomic E-state index is 0.398. The Bertz CT molecular complexity index is 494. The molecule has 0 bridgehead atoms. The van der Waals surface area contributed by atoms with Crippen molar-refractivity contribution >= 4 is 23.1 Å². The summed E-state index contributed by atoms with van der Waals surface area (Å²) in [6, 6.07) is 3.35. The van der Waals surface area contributed by atoms with E-state index in [1.165, 1.54) is 0 Å². The summed E-state index contributed by atoms with van der Waals surface area (Å²) < 4.78 is 1.81. The van der Waals surface area contributed by atoms with Crippen LogP contribution in [-0.4, -0.2) is 19.7 Å². The number of aromatic nitrogens is 4. The Hall–Kier alpha value is -1.82. The Morgan fingerprint density at radius 2 is 2.31 bits per heavy atom. The first-order chi connectivity index (χ1) is 7.66. The number of hydrogen-bond donors (Lipinski definition) is 2. The average Bonchev–Trinajstić information content (AvgIpc) is 2.66. The minimum absolute atomic E-state index is 0.398. The third-order valence-corrected chi connectivity index (χ3v) is 2.32. The standard InChI is InChI=1S/C9H11ClN6/c1-16-5-13-15-8(16)4-12-9-6(11)2-3-7(10)14-9/h2-3,5H,4,11H2,1H3,(H,12,14). The van der Waals surface area contributed by atoms with Crippen molar-refractivity contribution in [2.24, 2.45) is 7.05 Å². The molecule has 0 unspecified atom stereocenters. The minimum Gasteiger partial charge on any atom is -0.396 e. The van der Waals surface area contributed by atoms with Crippen molar-refractivity contribution in [3.8, 4) is 0 Å². The topological polar surface area (TPSA) is 81.7 Å². The number of nitrogens with two attached hydrogens (primary N) is 1. The molecule has 16 heavy (non-hydrogen) atoms. The first-order valence-electron chi connectivity index (χ1n) is 4.65. The molecule has 84 valence electrons. The van der Waals surface area contributed by atoms with E-state index >= 15 is 0 Å². The van der Waals surface area contributed by atoms with Crippen molar-refractivity contribution in [2.75, 3.05) is 11.1 Å². The summed E-state index contributed by atoms with van der Waals surface area (Å²) in [5, 5.41) is 11.2. The number of nitrogens with one attached hydrogen (secondary N) is 1. The van der Waals surface area contributed by atoms with Gasteiger partial charge in [0.2, 0.25) is 0 Å². The van der Waals surface area contributed by atoms with Crippen molar-refractivity contribution < 1.29 is 0 Å². The van der Waals surface area contributed by atoms with E-state index in [1.54, 1.807) is 18.5 Å². The number of pyridine rings is 1. The average molecular weight is 239 g/mol. The third-order valence-electron chi connectivity index (χ3n) is 2.11. The molecule has 0 radical (unpaired) electrons. The van der Waals surface area contributed by atoms with Crippen LogP contribution in [0.15, 0.2) is 18.5 Å². The van der Waals surface area contributed by atoms with Gasteiger partial charge in [0.25, 0.3) is 0 Å². The molecular weight excluding hydrogens is 228 g/mol. The number of nitrogens with zero attached hydrogens (tertiary/aromatic N) is 4. The monoisotopic (exact) mass is 238 g/mol. The molecule has 0 aliphatic carbocycles. The van der Waals surface area contributed by atoms with Gasteiger partial charge < -0.3 is 15.6 Å². The largest absolute Gasteiger partial charge is 0.396 e. The second-order valence-electron chi connectivity index (χ2n) is 3.28. The summed E-state index contributed by atoms with van der Waals surface area (Å²) in [4.78, 5) is 4.07. The van der Waals surface area contributed by atoms with Crippen LogP contribution in [0.2, 0.25) is 5.15 Å². The molecule has 0 aromatic carbocycles. The van der Waals surface area contributed by atoms with Gasteiger partial charge in [-0.2, -0.15) is 0 Å². The number of nitrogen functional groups attached to an aromatic ring is 1. The van der Waals surface area contributed by atoms with Crippen molar-refractivity contribution in [2.45, 2.75) is 6.54 Å². The molecule has 0 saturated carbocycles. The predicted octanol–water partition coefficient (Wildman–Crippen LogP) is 1.06. The molecule has 0 aliphatic rings. The van der Waals surface area contributed by atoms with E-state index in [4.69, 9.17) is 17.3 Å². The van der Waals surface area contributed by atoms with Gasteiger partial charge in [0, 0.05) is 7.05 Å². The molecule has 0 saturated heterocycles. The first-order valence-corrected chi connectivity index (χ1v) is 5.03. The lowest BCUT2D eigenvalue weighted by molar-refractivity contribution is 0.810. The quantitative estimate of drug-likeness (QED) is 0.782. The van der Waals surface area contributed by atoms with Crippen molar-refractivity contribution in [1.82, 2.24) is 19.7 Å². The maximum Gasteiger partial charge on any atom is 0.151 e. The maximum atomic E-state index is 5.77. The van der Waals surface area contributed by atoms with Gasteiger partial charge in [0.15, 0.2) is 11.6 Å². The van der Waals surface area contributed by atoms with Crippen LogP contribution in [0.25, 0.3) is 0 Å². The van der Waals surface area contributed by atoms with Gasteiger partial charge in [-0.05, 0) is 12.1 Å². The van der Waals surface area contributed by atoms with Crippen LogP contribution in [-0.2, 0) is 13.6 Å². The summed E-state index contributed by atoms with van der Waals surface area (Å²) in [6.07, 6.45) is 1.63. The molecule has 3 N–H and O–H groups in total. The molecular formula is C9H11ClN6. The van der Waals surface area contributed by atoms with Crippen LogP contribution in [0, 0.1) is 0 Å². The molecule has 6 nitrogen and oxygen atoms in total. The third kappa shape index (κ3) is 2.22. The Labute approximate surface area is 97.5 Å². The summed E-state index contributed by atoms with van der Waals surface area (Å²) in [5.41, 5.74) is 6.29. The van der Waals surface area contributed by atoms with Crippen LogP contribution in [0.1, 0.15) is 5.82 Å². The molecule has 7 heteroatoms. The zero-order valence-corrected chi connectivity index (χ0v) is 9.44. The van der Waals surface area contributed by atoms with Crippen LogP contribution in [0.4, 0.5) is 11.5 Å². The number of halogens is 1. The van der Waals surface area contributed by atoms with Gasteiger partial charge >= 0.3 is 0 Å². The molecule has 2 aromatic heterocycles. The fourth-order valence-corrected chi connectivity index (χ4v) is 1.37. The summed E-state index contributed by atoms with van der Waals surface area (Å²) in [7, 11) is 1.87. The van der Waals surface area contributed by atoms with Crippen LogP contribution in [0.3, 0.4) is 0 Å². The van der Waals surface area contributed by atoms with E-state index in [9.17, 15) is 0 Å². The molecule has 2 aromatic rings. The van der Waals surface area contributed by atoms with Crippen molar-refractivity contribution in [3.63, 3.8) is 0 Å². The van der Waals surface area contributed by atoms with Gasteiger partial charge in [0.1, 0.15) is 11.5 Å². The summed E-state index contributed by atoms with van der Waals surface area (Å²) >= 11 is 5.77. The molecule has 0 fully saturated rings. The summed E-state index contributed by atoms with van der Waals surface area (Å²) in [5.74, 6) is 1.34. The number of hydrogen-bond acceptors (Lipinski definition) is 5. The van der Waals surface area contributed by atoms with Crippen molar-refractivity contribution in [3.05, 3.63) is 29.4 Å². The predicted molar refractivity (Wildman–Crippen MR) is 62.0 cm³/mol. The smallest absolute Gasteiger partial charge is 0.151 e. The molecule has 0 atom stereocenters. The number of aryl methyl sites for hydroxylation is 1. The zero-order chi connectivity index (χ0) is 11.5. The second-order valence-corrected chi connectivity index (χ2v) is 3.67. The Morgan fingerprint density at radius 3 is 3.00 bits per heavy atom. The SMILES string of the molecule is Cn1cnnc1CNc1nc(Cl)ccc1N. The number of anilines is 2. The van der Waals surface area contributed by atoms with Gasteiger partial charge in [-0.3, -0.25) is 0 Å². The van der Waals surface area contributed by atoms with E-state index in [0.717, 1.165) is 5.82 Å². The van der Waals surface area contributed by atoms with Gasteiger partial charge in [0.05, 0.1) is 12.2 Å². The highest BCUT2D eigenvalue weighted by Gasteiger charge is 2.04. The highest BCUT2D eigenvalue weighted by atomic mass is 35.5. The lowest BCUT2D eigenvalue weighted by Crippen LogP contribution is -2.08. The zero-order valence-electron chi connectivity index (χ0n) is 8.68. The highest BCUT2D eigenvalue weighted by molar-refractivity contribution is 6.29. The Morgan fingerprint density at radius 1 is 1.50 bits per heavy atom. The Balaban J connectivity index is 2.10. The summed E-state index contributed by atoms with van der Waals surface area (Å²) in [6.45, 7) is 0.494. The van der Waals surface area contributed by atoms with E-state index < -0.39 is 0 Å². The normalized spacial score (nSPS) is 10.4.